The van der Waals surface area contributed by atoms with Gasteiger partial charge in [-0.05, 0) is 25.8 Å². The minimum Gasteiger partial charge on any atom is -0.368 e. The highest BCUT2D eigenvalue weighted by molar-refractivity contribution is 5.32. The Hall–Kier alpha value is -2.28. The molecular formula is C17H23FN6. The maximum absolute atomic E-state index is 14.2. The quantitative estimate of drug-likeness (QED) is 0.877. The molecule has 0 aliphatic heterocycles. The first-order valence-electron chi connectivity index (χ1n) is 8.13. The molecular weight excluding hydrogens is 307 g/mol. The molecule has 2 N–H and O–H groups in total. The first-order chi connectivity index (χ1) is 11.5. The average Bonchev–Trinajstić information content (AvgIpc) is 3.36. The van der Waals surface area contributed by atoms with E-state index in [2.05, 4.69) is 19.9 Å². The summed E-state index contributed by atoms with van der Waals surface area (Å²) in [7, 11) is 3.72. The second kappa shape index (κ2) is 6.68. The summed E-state index contributed by atoms with van der Waals surface area (Å²) in [4.78, 5) is 16.9. The average molecular weight is 330 g/mol. The van der Waals surface area contributed by atoms with Gasteiger partial charge >= 0.3 is 0 Å². The van der Waals surface area contributed by atoms with Crippen molar-refractivity contribution >= 4 is 11.9 Å². The second-order valence-electron chi connectivity index (χ2n) is 6.41. The van der Waals surface area contributed by atoms with Crippen molar-refractivity contribution in [3.8, 4) is 0 Å². The molecule has 1 aliphatic carbocycles. The molecule has 1 aromatic carbocycles. The Balaban J connectivity index is 1.86. The number of nitrogen functional groups attached to an aromatic ring is 1. The van der Waals surface area contributed by atoms with Gasteiger partial charge in [0.15, 0.2) is 0 Å². The molecule has 2 aromatic rings. The van der Waals surface area contributed by atoms with Gasteiger partial charge in [-0.2, -0.15) is 15.0 Å². The van der Waals surface area contributed by atoms with Crippen molar-refractivity contribution in [3.05, 3.63) is 41.5 Å². The van der Waals surface area contributed by atoms with Crippen molar-refractivity contribution in [1.82, 2.24) is 19.9 Å². The van der Waals surface area contributed by atoms with Gasteiger partial charge in [0.1, 0.15) is 11.6 Å². The minimum absolute atomic E-state index is 0.0560. The van der Waals surface area contributed by atoms with Crippen LogP contribution in [0.3, 0.4) is 0 Å². The molecule has 7 heteroatoms. The third-order valence-electron chi connectivity index (χ3n) is 4.28. The Morgan fingerprint density at radius 3 is 2.54 bits per heavy atom. The van der Waals surface area contributed by atoms with Crippen LogP contribution in [0.5, 0.6) is 0 Å². The SMILES string of the molecule is CC(c1ccccc1F)N(Cc1nc(N)nc(N(C)C)n1)C1CC1. The lowest BCUT2D eigenvalue weighted by Gasteiger charge is -2.29. The van der Waals surface area contributed by atoms with E-state index in [4.69, 9.17) is 5.73 Å². The number of anilines is 2. The van der Waals surface area contributed by atoms with Gasteiger partial charge in [0.25, 0.3) is 0 Å². The van der Waals surface area contributed by atoms with E-state index in [0.717, 1.165) is 12.8 Å². The van der Waals surface area contributed by atoms with E-state index in [0.29, 0.717) is 29.9 Å². The molecule has 128 valence electrons. The van der Waals surface area contributed by atoms with Crippen LogP contribution < -0.4 is 10.6 Å². The van der Waals surface area contributed by atoms with E-state index in [1.54, 1.807) is 11.0 Å². The summed E-state index contributed by atoms with van der Waals surface area (Å²) in [6.07, 6.45) is 2.22. The monoisotopic (exact) mass is 330 g/mol. The van der Waals surface area contributed by atoms with Crippen LogP contribution >= 0.6 is 0 Å². The smallest absolute Gasteiger partial charge is 0.229 e. The largest absolute Gasteiger partial charge is 0.368 e. The van der Waals surface area contributed by atoms with Crippen molar-refractivity contribution in [2.45, 2.75) is 38.4 Å². The molecule has 24 heavy (non-hydrogen) atoms. The Bertz CT molecular complexity index is 716. The van der Waals surface area contributed by atoms with Crippen LogP contribution in [0.1, 0.15) is 37.2 Å². The normalized spacial score (nSPS) is 15.5. The Morgan fingerprint density at radius 2 is 1.92 bits per heavy atom. The zero-order chi connectivity index (χ0) is 17.3. The lowest BCUT2D eigenvalue weighted by molar-refractivity contribution is 0.182. The summed E-state index contributed by atoms with van der Waals surface area (Å²) >= 11 is 0. The molecule has 1 aromatic heterocycles. The van der Waals surface area contributed by atoms with E-state index < -0.39 is 0 Å². The van der Waals surface area contributed by atoms with Crippen LogP contribution in [0.15, 0.2) is 24.3 Å². The number of hydrogen-bond donors (Lipinski definition) is 1. The number of hydrogen-bond acceptors (Lipinski definition) is 6. The van der Waals surface area contributed by atoms with Crippen LogP contribution in [0.4, 0.5) is 16.3 Å². The molecule has 1 heterocycles. The summed E-state index contributed by atoms with van der Waals surface area (Å²) in [5, 5.41) is 0. The number of nitrogens with zero attached hydrogens (tertiary/aromatic N) is 5. The highest BCUT2D eigenvalue weighted by atomic mass is 19.1. The van der Waals surface area contributed by atoms with Crippen LogP contribution in [0.25, 0.3) is 0 Å². The number of nitrogens with two attached hydrogens (primary N) is 1. The van der Waals surface area contributed by atoms with Crippen molar-refractivity contribution in [2.24, 2.45) is 0 Å². The fraction of sp³-hybridized carbons (Fsp3) is 0.471. The van der Waals surface area contributed by atoms with Crippen LogP contribution in [-0.2, 0) is 6.54 Å². The molecule has 1 saturated carbocycles. The Morgan fingerprint density at radius 1 is 1.21 bits per heavy atom. The molecule has 3 rings (SSSR count). The van der Waals surface area contributed by atoms with Gasteiger partial charge in [0.2, 0.25) is 11.9 Å². The standard InChI is InChI=1S/C17H23FN6/c1-11(13-6-4-5-7-14(13)18)24(12-8-9-12)10-15-20-16(19)22-17(21-15)23(2)3/h4-7,11-12H,8-10H2,1-3H3,(H2,19,20,21,22). The van der Waals surface area contributed by atoms with Crippen LogP contribution in [0, 0.1) is 5.82 Å². The molecule has 0 radical (unpaired) electrons. The second-order valence-corrected chi connectivity index (χ2v) is 6.41. The van der Waals surface area contributed by atoms with Crippen molar-refractivity contribution in [1.29, 1.82) is 0 Å². The molecule has 0 spiro atoms. The number of benzene rings is 1. The molecule has 0 amide bonds. The molecule has 1 aliphatic rings. The van der Waals surface area contributed by atoms with E-state index in [-0.39, 0.29) is 17.8 Å². The zero-order valence-corrected chi connectivity index (χ0v) is 14.3. The van der Waals surface area contributed by atoms with Gasteiger partial charge in [0.05, 0.1) is 6.54 Å². The topological polar surface area (TPSA) is 71.2 Å². The summed E-state index contributed by atoms with van der Waals surface area (Å²) < 4.78 is 14.2. The number of halogens is 1. The fourth-order valence-corrected chi connectivity index (χ4v) is 2.84. The van der Waals surface area contributed by atoms with Gasteiger partial charge < -0.3 is 10.6 Å². The van der Waals surface area contributed by atoms with Gasteiger partial charge in [0, 0.05) is 31.7 Å². The fourth-order valence-electron chi connectivity index (χ4n) is 2.84. The van der Waals surface area contributed by atoms with E-state index >= 15 is 0 Å². The van der Waals surface area contributed by atoms with Crippen LogP contribution in [-0.4, -0.2) is 40.0 Å². The highest BCUT2D eigenvalue weighted by Crippen LogP contribution is 2.36. The van der Waals surface area contributed by atoms with E-state index in [1.165, 1.54) is 6.07 Å². The number of aromatic nitrogens is 3. The first kappa shape index (κ1) is 16.6. The molecule has 0 bridgehead atoms. The van der Waals surface area contributed by atoms with Gasteiger partial charge in [-0.3, -0.25) is 4.90 Å². The maximum atomic E-state index is 14.2. The zero-order valence-electron chi connectivity index (χ0n) is 14.3. The summed E-state index contributed by atoms with van der Waals surface area (Å²) in [6.45, 7) is 2.54. The lowest BCUT2D eigenvalue weighted by atomic mass is 10.1. The van der Waals surface area contributed by atoms with E-state index in [9.17, 15) is 4.39 Å². The lowest BCUT2D eigenvalue weighted by Crippen LogP contribution is -2.30. The summed E-state index contributed by atoms with van der Waals surface area (Å²) in [6, 6.07) is 7.29. The molecule has 0 saturated heterocycles. The predicted molar refractivity (Wildman–Crippen MR) is 91.9 cm³/mol. The first-order valence-corrected chi connectivity index (χ1v) is 8.13. The molecule has 6 nitrogen and oxygen atoms in total. The third kappa shape index (κ3) is 3.62. The van der Waals surface area contributed by atoms with Gasteiger partial charge in [-0.15, -0.1) is 0 Å². The Kier molecular flexibility index (Phi) is 4.62. The number of rotatable bonds is 6. The predicted octanol–water partition coefficient (Wildman–Crippen LogP) is 2.38. The summed E-state index contributed by atoms with van der Waals surface area (Å²) in [5.74, 6) is 1.17. The summed E-state index contributed by atoms with van der Waals surface area (Å²) in [5.41, 5.74) is 6.50. The third-order valence-corrected chi connectivity index (χ3v) is 4.28. The van der Waals surface area contributed by atoms with Crippen molar-refractivity contribution in [3.63, 3.8) is 0 Å². The van der Waals surface area contributed by atoms with E-state index in [1.807, 2.05) is 33.2 Å². The highest BCUT2D eigenvalue weighted by Gasteiger charge is 2.34. The van der Waals surface area contributed by atoms with Gasteiger partial charge in [-0.25, -0.2) is 4.39 Å². The van der Waals surface area contributed by atoms with Gasteiger partial charge in [-0.1, -0.05) is 18.2 Å². The molecule has 1 fully saturated rings. The van der Waals surface area contributed by atoms with Crippen LogP contribution in [0.2, 0.25) is 0 Å². The Labute approximate surface area is 141 Å². The minimum atomic E-state index is -0.181. The molecule has 1 atom stereocenters. The van der Waals surface area contributed by atoms with Crippen molar-refractivity contribution in [2.75, 3.05) is 24.7 Å². The maximum Gasteiger partial charge on any atom is 0.229 e. The van der Waals surface area contributed by atoms with Crippen molar-refractivity contribution < 1.29 is 4.39 Å². The molecule has 1 unspecified atom stereocenters.